The molecule has 2 rings (SSSR count). The zero-order valence-electron chi connectivity index (χ0n) is 6.20. The van der Waals surface area contributed by atoms with Gasteiger partial charge in [-0.05, 0) is 0 Å². The third-order valence-corrected chi connectivity index (χ3v) is 2.64. The van der Waals surface area contributed by atoms with Crippen LogP contribution in [-0.2, 0) is 0 Å². The van der Waals surface area contributed by atoms with Crippen molar-refractivity contribution >= 4 is 23.4 Å². The highest BCUT2D eigenvalue weighted by Crippen LogP contribution is 2.32. The number of ketones is 1. The van der Waals surface area contributed by atoms with Crippen LogP contribution in [0.5, 0.6) is 5.75 Å². The molecule has 0 atom stereocenters. The molecule has 1 aliphatic heterocycles. The lowest BCUT2D eigenvalue weighted by Crippen LogP contribution is -2.14. The van der Waals surface area contributed by atoms with Gasteiger partial charge in [0.15, 0.2) is 12.1 Å². The fourth-order valence-electron chi connectivity index (χ4n) is 1.20. The summed E-state index contributed by atoms with van der Waals surface area (Å²) < 4.78 is 5.21. The van der Waals surface area contributed by atoms with Crippen LogP contribution in [0, 0.1) is 0 Å². The summed E-state index contributed by atoms with van der Waals surface area (Å²) in [6, 6.07) is 0. The Balaban J connectivity index is 2.57. The fraction of sp³-hybridized carbons (Fsp3) is 0.250. The van der Waals surface area contributed by atoms with E-state index in [1.807, 2.05) is 0 Å². The van der Waals surface area contributed by atoms with Gasteiger partial charge >= 0.3 is 0 Å². The second kappa shape index (κ2) is 2.71. The van der Waals surface area contributed by atoms with Crippen LogP contribution in [0.3, 0.4) is 0 Å². The quantitative estimate of drug-likeness (QED) is 0.618. The van der Waals surface area contributed by atoms with Crippen LogP contribution in [0.15, 0.2) is 5.38 Å². The maximum absolute atomic E-state index is 11.3. The summed E-state index contributed by atoms with van der Waals surface area (Å²) >= 11 is 1.26. The Bertz CT molecular complexity index is 340. The summed E-state index contributed by atoms with van der Waals surface area (Å²) in [6.45, 7) is 0.431. The first-order chi connectivity index (χ1) is 5.83. The average Bonchev–Trinajstić information content (AvgIpc) is 2.49. The minimum absolute atomic E-state index is 0.0135. The number of thiophene rings is 1. The molecule has 0 spiro atoms. The van der Waals surface area contributed by atoms with E-state index >= 15 is 0 Å². The normalized spacial score (nSPS) is 15.2. The summed E-state index contributed by atoms with van der Waals surface area (Å²) in [5.41, 5.74) is 0.473. The van der Waals surface area contributed by atoms with Crippen LogP contribution in [-0.4, -0.2) is 18.7 Å². The molecule has 0 aromatic carbocycles. The molecule has 3 nitrogen and oxygen atoms in total. The molecule has 0 N–H and O–H groups in total. The van der Waals surface area contributed by atoms with Gasteiger partial charge in [0.05, 0.1) is 17.0 Å². The van der Waals surface area contributed by atoms with Crippen molar-refractivity contribution in [3.8, 4) is 5.75 Å². The van der Waals surface area contributed by atoms with Gasteiger partial charge in [0.1, 0.15) is 5.75 Å². The van der Waals surface area contributed by atoms with Gasteiger partial charge < -0.3 is 4.74 Å². The summed E-state index contributed by atoms with van der Waals surface area (Å²) in [7, 11) is 0. The van der Waals surface area contributed by atoms with Crippen molar-refractivity contribution in [1.82, 2.24) is 0 Å². The van der Waals surface area contributed by atoms with Crippen molar-refractivity contribution in [2.24, 2.45) is 0 Å². The average molecular weight is 182 g/mol. The lowest BCUT2D eigenvalue weighted by Gasteiger charge is -2.11. The smallest absolute Gasteiger partial charge is 0.171 e. The number of hydrogen-bond donors (Lipinski definition) is 0. The number of rotatable bonds is 1. The topological polar surface area (TPSA) is 43.4 Å². The molecule has 1 aromatic heterocycles. The maximum Gasteiger partial charge on any atom is 0.171 e. The van der Waals surface area contributed by atoms with Crippen molar-refractivity contribution in [3.63, 3.8) is 0 Å². The van der Waals surface area contributed by atoms with E-state index in [9.17, 15) is 9.59 Å². The summed E-state index contributed by atoms with van der Waals surface area (Å²) in [5.74, 6) is 0.581. The third kappa shape index (κ3) is 0.956. The number of carbonyl (C=O) groups excluding carboxylic acids is 2. The summed E-state index contributed by atoms with van der Waals surface area (Å²) in [4.78, 5) is 22.3. The van der Waals surface area contributed by atoms with Crippen molar-refractivity contribution in [2.75, 3.05) is 6.61 Å². The monoisotopic (exact) mass is 182 g/mol. The lowest BCUT2D eigenvalue weighted by molar-refractivity contribution is 0.0929. The molecular formula is C8H6O3S. The van der Waals surface area contributed by atoms with Crippen molar-refractivity contribution in [2.45, 2.75) is 6.42 Å². The van der Waals surface area contributed by atoms with E-state index in [4.69, 9.17) is 4.74 Å². The van der Waals surface area contributed by atoms with Gasteiger partial charge in [0, 0.05) is 11.8 Å². The van der Waals surface area contributed by atoms with Gasteiger partial charge in [-0.15, -0.1) is 11.3 Å². The predicted molar refractivity (Wildman–Crippen MR) is 44.1 cm³/mol. The molecular weight excluding hydrogens is 176 g/mol. The highest BCUT2D eigenvalue weighted by atomic mass is 32.1. The first-order valence-electron chi connectivity index (χ1n) is 3.55. The van der Waals surface area contributed by atoms with Crippen LogP contribution in [0.4, 0.5) is 0 Å². The van der Waals surface area contributed by atoms with Crippen LogP contribution in [0.25, 0.3) is 0 Å². The van der Waals surface area contributed by atoms with Crippen LogP contribution >= 0.6 is 11.3 Å². The predicted octanol–water partition coefficient (Wildman–Crippen LogP) is 1.53. The largest absolute Gasteiger partial charge is 0.491 e. The SMILES string of the molecule is O=Cc1scc2c1C(=O)CCO2. The number of Topliss-reactive ketones (excluding diaryl/α,β-unsaturated/α-hetero) is 1. The maximum atomic E-state index is 11.3. The van der Waals surface area contributed by atoms with Gasteiger partial charge in [0.25, 0.3) is 0 Å². The van der Waals surface area contributed by atoms with E-state index in [1.54, 1.807) is 5.38 Å². The number of fused-ring (bicyclic) bond motifs is 1. The van der Waals surface area contributed by atoms with Gasteiger partial charge in [-0.1, -0.05) is 0 Å². The van der Waals surface area contributed by atoms with Crippen molar-refractivity contribution < 1.29 is 14.3 Å². The van der Waals surface area contributed by atoms with E-state index < -0.39 is 0 Å². The van der Waals surface area contributed by atoms with E-state index in [0.717, 1.165) is 0 Å². The zero-order chi connectivity index (χ0) is 8.55. The van der Waals surface area contributed by atoms with Crippen molar-refractivity contribution in [1.29, 1.82) is 0 Å². The molecule has 1 aliphatic rings. The molecule has 0 bridgehead atoms. The van der Waals surface area contributed by atoms with Crippen molar-refractivity contribution in [3.05, 3.63) is 15.8 Å². The second-order valence-electron chi connectivity index (χ2n) is 2.48. The molecule has 0 aliphatic carbocycles. The Morgan fingerprint density at radius 2 is 2.42 bits per heavy atom. The van der Waals surface area contributed by atoms with Crippen LogP contribution in [0.2, 0.25) is 0 Å². The van der Waals surface area contributed by atoms with Gasteiger partial charge in [-0.2, -0.15) is 0 Å². The highest BCUT2D eigenvalue weighted by molar-refractivity contribution is 7.12. The fourth-order valence-corrected chi connectivity index (χ4v) is 2.01. The van der Waals surface area contributed by atoms with Crippen LogP contribution in [0.1, 0.15) is 26.5 Å². The molecule has 0 radical (unpaired) electrons. The number of ether oxygens (including phenoxy) is 1. The van der Waals surface area contributed by atoms with Gasteiger partial charge in [-0.3, -0.25) is 9.59 Å². The minimum atomic E-state index is 0.0135. The number of carbonyl (C=O) groups is 2. The highest BCUT2D eigenvalue weighted by Gasteiger charge is 2.23. The Hall–Kier alpha value is -1.16. The molecule has 1 aromatic rings. The molecule has 2 heterocycles. The van der Waals surface area contributed by atoms with E-state index in [-0.39, 0.29) is 5.78 Å². The Morgan fingerprint density at radius 3 is 3.17 bits per heavy atom. The van der Waals surface area contributed by atoms with Gasteiger partial charge in [0.2, 0.25) is 0 Å². The molecule has 62 valence electrons. The molecule has 4 heteroatoms. The van der Waals surface area contributed by atoms with Crippen LogP contribution < -0.4 is 4.74 Å². The number of hydrogen-bond acceptors (Lipinski definition) is 4. The second-order valence-corrected chi connectivity index (χ2v) is 3.39. The van der Waals surface area contributed by atoms with Gasteiger partial charge in [-0.25, -0.2) is 0 Å². The Kier molecular flexibility index (Phi) is 1.69. The van der Waals surface area contributed by atoms with E-state index in [0.29, 0.717) is 35.5 Å². The minimum Gasteiger partial charge on any atom is -0.491 e. The Morgan fingerprint density at radius 1 is 1.58 bits per heavy atom. The standard InChI is InChI=1S/C8H6O3S/c9-3-7-8-5(10)1-2-11-6(8)4-12-7/h3-4H,1-2H2. The molecule has 0 saturated carbocycles. The Labute approximate surface area is 73.0 Å². The molecule has 0 saturated heterocycles. The van der Waals surface area contributed by atoms with E-state index in [1.165, 1.54) is 11.3 Å². The van der Waals surface area contributed by atoms with E-state index in [2.05, 4.69) is 0 Å². The lowest BCUT2D eigenvalue weighted by atomic mass is 10.1. The molecule has 0 fully saturated rings. The first kappa shape index (κ1) is 7.49. The zero-order valence-corrected chi connectivity index (χ0v) is 7.02. The molecule has 0 amide bonds. The first-order valence-corrected chi connectivity index (χ1v) is 4.43. The molecule has 12 heavy (non-hydrogen) atoms. The summed E-state index contributed by atoms with van der Waals surface area (Å²) in [5, 5.41) is 1.70. The molecule has 0 unspecified atom stereocenters. The summed E-state index contributed by atoms with van der Waals surface area (Å²) in [6.07, 6.45) is 1.08. The number of aldehydes is 1. The third-order valence-electron chi connectivity index (χ3n) is 1.76.